The summed E-state index contributed by atoms with van der Waals surface area (Å²) in [5.74, 6) is -1.29. The van der Waals surface area contributed by atoms with E-state index in [1.165, 1.54) is 0 Å². The number of hydrogen-bond donors (Lipinski definition) is 1. The molecule has 0 aromatic carbocycles. The van der Waals surface area contributed by atoms with Gasteiger partial charge in [-0.2, -0.15) is 17.6 Å². The first-order valence-corrected chi connectivity index (χ1v) is 3.28. The fourth-order valence-electron chi connectivity index (χ4n) is 0.883. The summed E-state index contributed by atoms with van der Waals surface area (Å²) in [7, 11) is 0. The molecule has 0 spiro atoms. The van der Waals surface area contributed by atoms with Gasteiger partial charge in [-0.1, -0.05) is 0 Å². The third-order valence-electron chi connectivity index (χ3n) is 1.47. The van der Waals surface area contributed by atoms with Gasteiger partial charge in [0.2, 0.25) is 5.95 Å². The number of hydrogen-bond acceptors (Lipinski definition) is 2. The second kappa shape index (κ2) is 3.29. The molecule has 72 valence electrons. The average molecular weight is 195 g/mol. The molecule has 0 radical (unpaired) electrons. The molecule has 0 amide bonds. The second-order valence-electron chi connectivity index (χ2n) is 2.28. The summed E-state index contributed by atoms with van der Waals surface area (Å²) in [5.41, 5.74) is -2.02. The highest BCUT2D eigenvalue weighted by molar-refractivity contribution is 5.26. The van der Waals surface area contributed by atoms with E-state index in [-0.39, 0.29) is 0 Å². The molecule has 0 fully saturated rings. The number of nitrogens with zero attached hydrogens (tertiary/aromatic N) is 1. The SMILES string of the molecule is OCc1c(C(F)(F)F)ccnc1F. The molecule has 0 atom stereocenters. The lowest BCUT2D eigenvalue weighted by molar-refractivity contribution is -0.139. The summed E-state index contributed by atoms with van der Waals surface area (Å²) in [5, 5.41) is 8.48. The number of aliphatic hydroxyl groups is 1. The Morgan fingerprint density at radius 1 is 1.38 bits per heavy atom. The van der Waals surface area contributed by atoms with Gasteiger partial charge in [0.15, 0.2) is 0 Å². The second-order valence-corrected chi connectivity index (χ2v) is 2.28. The molecule has 6 heteroatoms. The lowest BCUT2D eigenvalue weighted by Crippen LogP contribution is -2.11. The highest BCUT2D eigenvalue weighted by Crippen LogP contribution is 2.32. The van der Waals surface area contributed by atoms with Crippen LogP contribution in [-0.4, -0.2) is 10.1 Å². The Bertz CT molecular complexity index is 310. The summed E-state index contributed by atoms with van der Waals surface area (Å²) in [4.78, 5) is 3.00. The van der Waals surface area contributed by atoms with Crippen molar-refractivity contribution in [2.75, 3.05) is 0 Å². The van der Waals surface area contributed by atoms with Gasteiger partial charge < -0.3 is 5.11 Å². The van der Waals surface area contributed by atoms with Crippen LogP contribution in [-0.2, 0) is 12.8 Å². The van der Waals surface area contributed by atoms with Crippen molar-refractivity contribution in [3.63, 3.8) is 0 Å². The number of halogens is 4. The maximum absolute atomic E-state index is 12.6. The zero-order valence-electron chi connectivity index (χ0n) is 6.27. The Morgan fingerprint density at radius 2 is 2.00 bits per heavy atom. The quantitative estimate of drug-likeness (QED) is 0.546. The molecule has 13 heavy (non-hydrogen) atoms. The number of pyridine rings is 1. The van der Waals surface area contributed by atoms with Crippen molar-refractivity contribution in [2.45, 2.75) is 12.8 Å². The molecular formula is C7H5F4NO. The monoisotopic (exact) mass is 195 g/mol. The van der Waals surface area contributed by atoms with Gasteiger partial charge >= 0.3 is 6.18 Å². The minimum absolute atomic E-state index is 0.620. The van der Waals surface area contributed by atoms with Crippen molar-refractivity contribution in [3.05, 3.63) is 29.3 Å². The van der Waals surface area contributed by atoms with Crippen LogP contribution in [0.4, 0.5) is 17.6 Å². The van der Waals surface area contributed by atoms with Crippen molar-refractivity contribution in [3.8, 4) is 0 Å². The zero-order valence-corrected chi connectivity index (χ0v) is 6.27. The standard InChI is InChI=1S/C7H5F4NO/c8-6-4(3-13)5(1-2-12-6)7(9,10)11/h1-2,13H,3H2. The fourth-order valence-corrected chi connectivity index (χ4v) is 0.883. The van der Waals surface area contributed by atoms with E-state index in [0.717, 1.165) is 0 Å². The molecule has 0 saturated heterocycles. The average Bonchev–Trinajstić information content (AvgIpc) is 2.02. The summed E-state index contributed by atoms with van der Waals surface area (Å²) < 4.78 is 48.9. The van der Waals surface area contributed by atoms with Crippen LogP contribution in [0.25, 0.3) is 0 Å². The summed E-state index contributed by atoms with van der Waals surface area (Å²) >= 11 is 0. The van der Waals surface area contributed by atoms with E-state index in [1.807, 2.05) is 0 Å². The summed E-state index contributed by atoms with van der Waals surface area (Å²) in [6.45, 7) is -1.02. The van der Waals surface area contributed by atoms with E-state index in [9.17, 15) is 17.6 Å². The van der Waals surface area contributed by atoms with E-state index in [1.54, 1.807) is 0 Å². The van der Waals surface area contributed by atoms with Crippen LogP contribution in [0.5, 0.6) is 0 Å². The predicted octanol–water partition coefficient (Wildman–Crippen LogP) is 1.73. The van der Waals surface area contributed by atoms with Crippen molar-refractivity contribution in [1.82, 2.24) is 4.98 Å². The minimum Gasteiger partial charge on any atom is -0.391 e. The first-order chi connectivity index (χ1) is 5.96. The number of aromatic nitrogens is 1. The van der Waals surface area contributed by atoms with Gasteiger partial charge in [-0.05, 0) is 6.07 Å². The zero-order chi connectivity index (χ0) is 10.1. The molecular weight excluding hydrogens is 190 g/mol. The first kappa shape index (κ1) is 9.91. The third kappa shape index (κ3) is 1.95. The first-order valence-electron chi connectivity index (χ1n) is 3.28. The Balaban J connectivity index is 3.29. The van der Waals surface area contributed by atoms with Crippen LogP contribution >= 0.6 is 0 Å². The van der Waals surface area contributed by atoms with E-state index in [4.69, 9.17) is 5.11 Å². The number of aliphatic hydroxyl groups excluding tert-OH is 1. The van der Waals surface area contributed by atoms with E-state index in [0.29, 0.717) is 12.3 Å². The normalized spacial score (nSPS) is 11.8. The highest BCUT2D eigenvalue weighted by Gasteiger charge is 2.34. The molecule has 1 N–H and O–H groups in total. The Labute approximate surface area is 70.8 Å². The number of rotatable bonds is 1. The van der Waals surface area contributed by atoms with Gasteiger partial charge in [0.25, 0.3) is 0 Å². The third-order valence-corrected chi connectivity index (χ3v) is 1.47. The summed E-state index contributed by atoms with van der Waals surface area (Å²) in [6, 6.07) is 0.620. The molecule has 0 unspecified atom stereocenters. The molecule has 2 nitrogen and oxygen atoms in total. The molecule has 0 aliphatic carbocycles. The van der Waals surface area contributed by atoms with E-state index in [2.05, 4.69) is 4.98 Å². The smallest absolute Gasteiger partial charge is 0.391 e. The molecule has 0 bridgehead atoms. The van der Waals surface area contributed by atoms with Gasteiger partial charge in [-0.25, -0.2) is 4.98 Å². The van der Waals surface area contributed by atoms with Gasteiger partial charge in [0.1, 0.15) is 0 Å². The van der Waals surface area contributed by atoms with Crippen molar-refractivity contribution < 1.29 is 22.7 Å². The summed E-state index contributed by atoms with van der Waals surface area (Å²) in [6.07, 6.45) is -3.96. The van der Waals surface area contributed by atoms with Gasteiger partial charge in [-0.3, -0.25) is 0 Å². The molecule has 0 aliphatic rings. The minimum atomic E-state index is -4.66. The van der Waals surface area contributed by atoms with Gasteiger partial charge in [0, 0.05) is 11.8 Å². The topological polar surface area (TPSA) is 33.1 Å². The lowest BCUT2D eigenvalue weighted by Gasteiger charge is -2.10. The highest BCUT2D eigenvalue weighted by atomic mass is 19.4. The fraction of sp³-hybridized carbons (Fsp3) is 0.286. The van der Waals surface area contributed by atoms with Crippen LogP contribution in [0.1, 0.15) is 11.1 Å². The van der Waals surface area contributed by atoms with E-state index < -0.39 is 29.9 Å². The number of alkyl halides is 3. The predicted molar refractivity (Wildman–Crippen MR) is 35.1 cm³/mol. The van der Waals surface area contributed by atoms with Gasteiger partial charge in [0.05, 0.1) is 12.2 Å². The van der Waals surface area contributed by atoms with Crippen LogP contribution in [0.15, 0.2) is 12.3 Å². The van der Waals surface area contributed by atoms with Crippen molar-refractivity contribution in [1.29, 1.82) is 0 Å². The Hall–Kier alpha value is -1.17. The van der Waals surface area contributed by atoms with Gasteiger partial charge in [-0.15, -0.1) is 0 Å². The molecule has 1 aromatic heterocycles. The van der Waals surface area contributed by atoms with Crippen LogP contribution in [0.2, 0.25) is 0 Å². The Morgan fingerprint density at radius 3 is 2.38 bits per heavy atom. The maximum Gasteiger partial charge on any atom is 0.416 e. The van der Waals surface area contributed by atoms with Crippen LogP contribution < -0.4 is 0 Å². The Kier molecular flexibility index (Phi) is 2.51. The molecule has 0 saturated carbocycles. The van der Waals surface area contributed by atoms with Crippen LogP contribution in [0.3, 0.4) is 0 Å². The van der Waals surface area contributed by atoms with Crippen molar-refractivity contribution >= 4 is 0 Å². The maximum atomic E-state index is 12.6. The molecule has 1 heterocycles. The lowest BCUT2D eigenvalue weighted by atomic mass is 10.1. The largest absolute Gasteiger partial charge is 0.416 e. The van der Waals surface area contributed by atoms with E-state index >= 15 is 0 Å². The molecule has 0 aliphatic heterocycles. The van der Waals surface area contributed by atoms with Crippen molar-refractivity contribution in [2.24, 2.45) is 0 Å². The molecule has 1 rings (SSSR count). The van der Waals surface area contributed by atoms with Crippen LogP contribution in [0, 0.1) is 5.95 Å². The molecule has 1 aromatic rings.